The third-order valence-corrected chi connectivity index (χ3v) is 8.90. The first kappa shape index (κ1) is 23.9. The van der Waals surface area contributed by atoms with Gasteiger partial charge in [0.15, 0.2) is 5.96 Å². The highest BCUT2D eigenvalue weighted by Gasteiger charge is 2.39. The highest BCUT2D eigenvalue weighted by molar-refractivity contribution is 14.0. The van der Waals surface area contributed by atoms with Gasteiger partial charge in [0.1, 0.15) is 0 Å². The molecule has 0 amide bonds. The summed E-state index contributed by atoms with van der Waals surface area (Å²) in [5.41, 5.74) is 0.347. The molecule has 29 heavy (non-hydrogen) atoms. The standard InChI is InChI=1S/C22H41N5S.HI/c1-23-21(25-18-15-19-7-6-8-20(16-18)26(19)2)24-17-22(9-4-3-5-10-22)27-11-13-28-14-12-27;/h18-20H,3-17H2,1-2H3,(H2,23,24,25);1H. The fraction of sp³-hybridized carbons (Fsp3) is 0.955. The zero-order valence-electron chi connectivity index (χ0n) is 18.5. The largest absolute Gasteiger partial charge is 0.355 e. The van der Waals surface area contributed by atoms with Crippen LogP contribution in [0, 0.1) is 0 Å². The van der Waals surface area contributed by atoms with E-state index in [0.29, 0.717) is 11.6 Å². The molecule has 1 saturated carbocycles. The van der Waals surface area contributed by atoms with Crippen molar-refractivity contribution in [3.63, 3.8) is 0 Å². The molecular formula is C22H42IN5S. The van der Waals surface area contributed by atoms with E-state index in [4.69, 9.17) is 0 Å². The van der Waals surface area contributed by atoms with Gasteiger partial charge in [0, 0.05) is 61.9 Å². The molecule has 0 spiro atoms. The van der Waals surface area contributed by atoms with Gasteiger partial charge in [-0.25, -0.2) is 0 Å². The summed E-state index contributed by atoms with van der Waals surface area (Å²) in [6.45, 7) is 3.57. The van der Waals surface area contributed by atoms with Crippen LogP contribution in [0.5, 0.6) is 0 Å². The van der Waals surface area contributed by atoms with Crippen LogP contribution < -0.4 is 10.6 Å². The average molecular weight is 536 g/mol. The minimum atomic E-state index is 0. The number of halogens is 1. The summed E-state index contributed by atoms with van der Waals surface area (Å²) in [4.78, 5) is 10.1. The number of fused-ring (bicyclic) bond motifs is 2. The summed E-state index contributed by atoms with van der Waals surface area (Å²) >= 11 is 2.12. The average Bonchev–Trinajstić information content (AvgIpc) is 2.73. The number of piperidine rings is 2. The van der Waals surface area contributed by atoms with Crippen LogP contribution in [0.1, 0.15) is 64.2 Å². The lowest BCUT2D eigenvalue weighted by atomic mass is 9.80. The van der Waals surface area contributed by atoms with Crippen molar-refractivity contribution in [2.24, 2.45) is 4.99 Å². The van der Waals surface area contributed by atoms with Gasteiger partial charge < -0.3 is 15.5 Å². The zero-order valence-corrected chi connectivity index (χ0v) is 21.6. The Morgan fingerprint density at radius 2 is 1.69 bits per heavy atom. The summed E-state index contributed by atoms with van der Waals surface area (Å²) in [6, 6.07) is 2.10. The van der Waals surface area contributed by atoms with Crippen molar-refractivity contribution in [3.8, 4) is 0 Å². The number of nitrogens with one attached hydrogen (secondary N) is 2. The Morgan fingerprint density at radius 3 is 2.31 bits per heavy atom. The van der Waals surface area contributed by atoms with Crippen molar-refractivity contribution in [3.05, 3.63) is 0 Å². The van der Waals surface area contributed by atoms with E-state index in [2.05, 4.69) is 44.2 Å². The van der Waals surface area contributed by atoms with Gasteiger partial charge in [-0.2, -0.15) is 11.8 Å². The zero-order chi connectivity index (χ0) is 19.4. The van der Waals surface area contributed by atoms with E-state index in [1.165, 1.54) is 88.8 Å². The fourth-order valence-corrected chi connectivity index (χ4v) is 7.13. The number of aliphatic imine (C=N–C) groups is 1. The summed E-state index contributed by atoms with van der Waals surface area (Å²) in [7, 11) is 4.28. The maximum Gasteiger partial charge on any atom is 0.191 e. The Morgan fingerprint density at radius 1 is 1.03 bits per heavy atom. The summed E-state index contributed by atoms with van der Waals surface area (Å²) in [6.07, 6.45) is 13.6. The molecule has 0 aromatic heterocycles. The summed E-state index contributed by atoms with van der Waals surface area (Å²) in [5, 5.41) is 7.58. The molecule has 4 aliphatic rings. The molecule has 168 valence electrons. The van der Waals surface area contributed by atoms with Crippen molar-refractivity contribution in [2.45, 2.75) is 87.9 Å². The quantitative estimate of drug-likeness (QED) is 0.328. The molecular weight excluding hydrogens is 493 g/mol. The monoisotopic (exact) mass is 535 g/mol. The molecule has 7 heteroatoms. The normalized spacial score (nSPS) is 33.6. The molecule has 5 nitrogen and oxygen atoms in total. The van der Waals surface area contributed by atoms with Crippen molar-refractivity contribution in [1.82, 2.24) is 20.4 Å². The van der Waals surface area contributed by atoms with Crippen LogP contribution in [0.3, 0.4) is 0 Å². The molecule has 2 unspecified atom stereocenters. The predicted molar refractivity (Wildman–Crippen MR) is 137 cm³/mol. The molecule has 1 aliphatic carbocycles. The van der Waals surface area contributed by atoms with Crippen LogP contribution in [0.4, 0.5) is 0 Å². The maximum absolute atomic E-state index is 4.61. The molecule has 4 fully saturated rings. The highest BCUT2D eigenvalue weighted by Crippen LogP contribution is 2.35. The van der Waals surface area contributed by atoms with Crippen molar-refractivity contribution >= 4 is 41.7 Å². The number of thioether (sulfide) groups is 1. The SMILES string of the molecule is CN=C(NCC1(N2CCSCC2)CCCCC1)NC1CC2CCCC(C1)N2C.I. The first-order valence-corrected chi connectivity index (χ1v) is 12.9. The number of rotatable bonds is 4. The second kappa shape index (κ2) is 11.2. The highest BCUT2D eigenvalue weighted by atomic mass is 127. The lowest BCUT2D eigenvalue weighted by Crippen LogP contribution is -2.61. The molecule has 0 radical (unpaired) electrons. The van der Waals surface area contributed by atoms with E-state index in [-0.39, 0.29) is 24.0 Å². The molecule has 2 atom stereocenters. The van der Waals surface area contributed by atoms with Crippen LogP contribution in [0.15, 0.2) is 4.99 Å². The molecule has 4 rings (SSSR count). The minimum Gasteiger partial charge on any atom is -0.355 e. The fourth-order valence-electron chi connectivity index (χ4n) is 6.22. The van der Waals surface area contributed by atoms with Gasteiger partial charge in [0.2, 0.25) is 0 Å². The number of guanidine groups is 1. The Hall–Kier alpha value is 0.270. The van der Waals surface area contributed by atoms with Crippen LogP contribution in [0.2, 0.25) is 0 Å². The van der Waals surface area contributed by atoms with Gasteiger partial charge in [-0.1, -0.05) is 25.7 Å². The van der Waals surface area contributed by atoms with E-state index in [9.17, 15) is 0 Å². The first-order valence-electron chi connectivity index (χ1n) is 11.7. The van der Waals surface area contributed by atoms with E-state index in [0.717, 1.165) is 24.6 Å². The first-order chi connectivity index (χ1) is 13.7. The van der Waals surface area contributed by atoms with Crippen LogP contribution in [0.25, 0.3) is 0 Å². The molecule has 3 heterocycles. The molecule has 0 aromatic carbocycles. The van der Waals surface area contributed by atoms with E-state index >= 15 is 0 Å². The van der Waals surface area contributed by atoms with E-state index in [1.807, 2.05) is 7.05 Å². The summed E-state index contributed by atoms with van der Waals surface area (Å²) in [5.74, 6) is 3.63. The van der Waals surface area contributed by atoms with Crippen LogP contribution in [-0.2, 0) is 0 Å². The lowest BCUT2D eigenvalue weighted by molar-refractivity contribution is 0.0517. The Balaban J connectivity index is 0.00000240. The number of hydrogen-bond acceptors (Lipinski definition) is 4. The van der Waals surface area contributed by atoms with Gasteiger partial charge in [-0.3, -0.25) is 9.89 Å². The topological polar surface area (TPSA) is 42.9 Å². The van der Waals surface area contributed by atoms with Gasteiger partial charge in [-0.15, -0.1) is 24.0 Å². The molecule has 0 aromatic rings. The number of hydrogen-bond donors (Lipinski definition) is 2. The number of nitrogens with zero attached hydrogens (tertiary/aromatic N) is 3. The van der Waals surface area contributed by atoms with Crippen LogP contribution >= 0.6 is 35.7 Å². The van der Waals surface area contributed by atoms with Crippen LogP contribution in [-0.4, -0.2) is 84.7 Å². The summed E-state index contributed by atoms with van der Waals surface area (Å²) < 4.78 is 0. The molecule has 2 bridgehead atoms. The van der Waals surface area contributed by atoms with Crippen molar-refractivity contribution in [2.75, 3.05) is 45.2 Å². The Kier molecular flexibility index (Phi) is 9.26. The van der Waals surface area contributed by atoms with Gasteiger partial charge in [0.25, 0.3) is 0 Å². The molecule has 3 aliphatic heterocycles. The van der Waals surface area contributed by atoms with Crippen molar-refractivity contribution in [1.29, 1.82) is 0 Å². The second-order valence-corrected chi connectivity index (χ2v) is 10.8. The third-order valence-electron chi connectivity index (χ3n) is 7.96. The predicted octanol–water partition coefficient (Wildman–Crippen LogP) is 3.54. The van der Waals surface area contributed by atoms with E-state index < -0.39 is 0 Å². The Bertz CT molecular complexity index is 519. The van der Waals surface area contributed by atoms with Gasteiger partial charge >= 0.3 is 0 Å². The second-order valence-electron chi connectivity index (χ2n) is 9.53. The molecule has 2 N–H and O–H groups in total. The third kappa shape index (κ3) is 5.75. The van der Waals surface area contributed by atoms with Gasteiger partial charge in [0.05, 0.1) is 0 Å². The molecule has 3 saturated heterocycles. The van der Waals surface area contributed by atoms with Crippen molar-refractivity contribution < 1.29 is 0 Å². The van der Waals surface area contributed by atoms with E-state index in [1.54, 1.807) is 0 Å². The Labute approximate surface area is 199 Å². The van der Waals surface area contributed by atoms with Gasteiger partial charge in [-0.05, 0) is 45.6 Å². The maximum atomic E-state index is 4.61. The smallest absolute Gasteiger partial charge is 0.191 e. The minimum absolute atomic E-state index is 0. The lowest BCUT2D eigenvalue weighted by Gasteiger charge is -2.49.